The van der Waals surface area contributed by atoms with E-state index in [-0.39, 0.29) is 11.8 Å². The Morgan fingerprint density at radius 3 is 2.22 bits per heavy atom. The number of carbonyl (C=O) groups excluding carboxylic acids is 1. The van der Waals surface area contributed by atoms with Crippen molar-refractivity contribution >= 4 is 46.6 Å². The summed E-state index contributed by atoms with van der Waals surface area (Å²) in [6, 6.07) is 16.1. The van der Waals surface area contributed by atoms with Gasteiger partial charge in [0.2, 0.25) is 5.91 Å². The molecule has 0 aromatic heterocycles. The maximum atomic E-state index is 11.4. The van der Waals surface area contributed by atoms with E-state index in [0.717, 1.165) is 52.8 Å². The van der Waals surface area contributed by atoms with E-state index >= 15 is 0 Å². The van der Waals surface area contributed by atoms with Crippen LogP contribution in [0.3, 0.4) is 0 Å². The van der Waals surface area contributed by atoms with E-state index in [0.29, 0.717) is 0 Å². The zero-order valence-corrected chi connectivity index (χ0v) is 25.2. The summed E-state index contributed by atoms with van der Waals surface area (Å²) in [5.74, 6) is 0.838. The van der Waals surface area contributed by atoms with E-state index < -0.39 is 0 Å². The minimum atomic E-state index is -0.0492. The molecule has 0 bridgehead atoms. The van der Waals surface area contributed by atoms with Gasteiger partial charge in [0, 0.05) is 46.2 Å². The molecule has 0 N–H and O–H groups in total. The molecule has 1 unspecified atom stereocenters. The number of thioether (sulfide) groups is 1. The van der Waals surface area contributed by atoms with Crippen LogP contribution < -0.4 is 0 Å². The molecule has 2 aromatic rings. The molecule has 3 nitrogen and oxygen atoms in total. The number of fused-ring (bicyclic) bond motifs is 1. The number of hydrogen-bond acceptors (Lipinski definition) is 3. The SMILES string of the molecule is C=CC(C)C(=O)N(C)CCCC.CC.CC1=CSc2ccccc2C(c2ccccc2Cl)=N1.CCCl. The number of allylic oxidation sites excluding steroid dienone is 1. The van der Waals surface area contributed by atoms with Crippen LogP contribution in [-0.2, 0) is 4.79 Å². The highest BCUT2D eigenvalue weighted by molar-refractivity contribution is 8.02. The summed E-state index contributed by atoms with van der Waals surface area (Å²) in [7, 11) is 1.85. The van der Waals surface area contributed by atoms with Gasteiger partial charge in [-0.25, -0.2) is 0 Å². The minimum Gasteiger partial charge on any atom is -0.345 e. The van der Waals surface area contributed by atoms with Crippen LogP contribution in [0.2, 0.25) is 5.02 Å². The van der Waals surface area contributed by atoms with Crippen LogP contribution in [-0.4, -0.2) is 36.0 Å². The van der Waals surface area contributed by atoms with Gasteiger partial charge < -0.3 is 4.90 Å². The standard InChI is InChI=1S/C16H12ClNS.C10H19NO.C2H5Cl.C2H6/c1-11-10-19-15-9-5-3-7-13(15)16(18-11)12-6-2-4-8-14(12)17;1-5-7-8-11(4)10(12)9(3)6-2;1-2-3;1-2/h2-10H,1H3;6,9H,2,5,7-8H2,1,3-4H3;2H2,1H3;1-2H3. The van der Waals surface area contributed by atoms with Gasteiger partial charge in [-0.15, -0.1) is 18.2 Å². The van der Waals surface area contributed by atoms with E-state index in [1.54, 1.807) is 22.7 Å². The van der Waals surface area contributed by atoms with Gasteiger partial charge in [-0.1, -0.05) is 107 Å². The van der Waals surface area contributed by atoms with Crippen LogP contribution in [0.5, 0.6) is 0 Å². The number of aliphatic imine (C=N–C) groups is 1. The number of benzene rings is 2. The molecule has 1 heterocycles. The van der Waals surface area contributed by atoms with Gasteiger partial charge in [-0.05, 0) is 30.9 Å². The van der Waals surface area contributed by atoms with Crippen molar-refractivity contribution in [3.05, 3.63) is 88.4 Å². The Balaban J connectivity index is 0.000000624. The first-order chi connectivity index (χ1) is 17.3. The second kappa shape index (κ2) is 20.1. The Kier molecular flexibility index (Phi) is 19.0. The van der Waals surface area contributed by atoms with Gasteiger partial charge in [-0.3, -0.25) is 9.79 Å². The Morgan fingerprint density at radius 2 is 1.67 bits per heavy atom. The zero-order valence-electron chi connectivity index (χ0n) is 22.9. The highest BCUT2D eigenvalue weighted by atomic mass is 35.5. The van der Waals surface area contributed by atoms with Crippen molar-refractivity contribution in [2.45, 2.75) is 59.3 Å². The first-order valence-corrected chi connectivity index (χ1v) is 14.3. The highest BCUT2D eigenvalue weighted by Gasteiger charge is 2.16. The lowest BCUT2D eigenvalue weighted by atomic mass is 10.0. The fourth-order valence-electron chi connectivity index (χ4n) is 2.99. The lowest BCUT2D eigenvalue weighted by molar-refractivity contribution is -0.132. The minimum absolute atomic E-state index is 0.0492. The third-order valence-corrected chi connectivity index (χ3v) is 6.28. The van der Waals surface area contributed by atoms with Gasteiger partial charge in [0.05, 0.1) is 11.6 Å². The Morgan fingerprint density at radius 1 is 1.11 bits per heavy atom. The molecule has 6 heteroatoms. The number of amides is 1. The molecule has 1 atom stereocenters. The summed E-state index contributed by atoms with van der Waals surface area (Å²) in [4.78, 5) is 19.1. The van der Waals surface area contributed by atoms with Crippen LogP contribution >= 0.6 is 35.0 Å². The van der Waals surface area contributed by atoms with E-state index in [2.05, 4.69) is 31.0 Å². The average molecular weight is 550 g/mol. The lowest BCUT2D eigenvalue weighted by Gasteiger charge is -2.18. The van der Waals surface area contributed by atoms with Gasteiger partial charge in [-0.2, -0.15) is 0 Å². The van der Waals surface area contributed by atoms with Gasteiger partial charge in [0.25, 0.3) is 0 Å². The van der Waals surface area contributed by atoms with Crippen molar-refractivity contribution in [3.63, 3.8) is 0 Å². The number of rotatable bonds is 6. The Labute approximate surface area is 233 Å². The summed E-state index contributed by atoms with van der Waals surface area (Å²) in [5, 5.41) is 2.80. The maximum Gasteiger partial charge on any atom is 0.228 e. The van der Waals surface area contributed by atoms with E-state index in [4.69, 9.17) is 28.2 Å². The van der Waals surface area contributed by atoms with Crippen molar-refractivity contribution < 1.29 is 4.79 Å². The molecule has 1 aliphatic heterocycles. The van der Waals surface area contributed by atoms with Crippen molar-refractivity contribution in [2.24, 2.45) is 10.9 Å². The third kappa shape index (κ3) is 11.8. The smallest absolute Gasteiger partial charge is 0.228 e. The first-order valence-electron chi connectivity index (χ1n) is 12.5. The molecule has 1 amide bonds. The van der Waals surface area contributed by atoms with Crippen LogP contribution in [0.25, 0.3) is 0 Å². The van der Waals surface area contributed by atoms with Crippen LogP contribution in [0.1, 0.15) is 65.5 Å². The van der Waals surface area contributed by atoms with Gasteiger partial charge >= 0.3 is 0 Å². The highest BCUT2D eigenvalue weighted by Crippen LogP contribution is 2.32. The normalized spacial score (nSPS) is 12.2. The summed E-state index contributed by atoms with van der Waals surface area (Å²) in [6.45, 7) is 16.3. The molecule has 3 rings (SSSR count). The van der Waals surface area contributed by atoms with Gasteiger partial charge in [0.1, 0.15) is 0 Å². The monoisotopic (exact) mass is 548 g/mol. The second-order valence-corrected chi connectivity index (χ2v) is 9.57. The average Bonchev–Trinajstić information content (AvgIpc) is 3.07. The number of nitrogens with zero attached hydrogens (tertiary/aromatic N) is 2. The topological polar surface area (TPSA) is 32.7 Å². The number of halogens is 2. The number of alkyl halides is 1. The zero-order chi connectivity index (χ0) is 27.5. The van der Waals surface area contributed by atoms with E-state index in [1.165, 1.54) is 4.90 Å². The van der Waals surface area contributed by atoms with Crippen LogP contribution in [0.4, 0.5) is 0 Å². The molecule has 198 valence electrons. The molecule has 2 aromatic carbocycles. The summed E-state index contributed by atoms with van der Waals surface area (Å²) >= 11 is 13.0. The largest absolute Gasteiger partial charge is 0.345 e. The predicted molar refractivity (Wildman–Crippen MR) is 163 cm³/mol. The number of unbranched alkanes of at least 4 members (excludes halogenated alkanes) is 1. The Bertz CT molecular complexity index is 988. The summed E-state index contributed by atoms with van der Waals surface area (Å²) < 4.78 is 0. The molecule has 0 spiro atoms. The van der Waals surface area contributed by atoms with E-state index in [1.807, 2.05) is 78.1 Å². The second-order valence-electron chi connectivity index (χ2n) is 7.72. The maximum absolute atomic E-state index is 11.4. The predicted octanol–water partition coefficient (Wildman–Crippen LogP) is 9.48. The fraction of sp³-hybridized carbons (Fsp3) is 0.400. The van der Waals surface area contributed by atoms with Crippen molar-refractivity contribution in [1.82, 2.24) is 4.90 Å². The molecular formula is C30H42Cl2N2OS. The van der Waals surface area contributed by atoms with Crippen LogP contribution in [0, 0.1) is 5.92 Å². The fourth-order valence-corrected chi connectivity index (χ4v) is 4.01. The van der Waals surface area contributed by atoms with Crippen LogP contribution in [0.15, 0.2) is 82.2 Å². The van der Waals surface area contributed by atoms with Crippen molar-refractivity contribution in [1.29, 1.82) is 0 Å². The van der Waals surface area contributed by atoms with E-state index in [9.17, 15) is 4.79 Å². The van der Waals surface area contributed by atoms with Gasteiger partial charge in [0.15, 0.2) is 0 Å². The number of carbonyl (C=O) groups is 1. The molecule has 0 saturated carbocycles. The van der Waals surface area contributed by atoms with Crippen molar-refractivity contribution in [3.8, 4) is 0 Å². The lowest BCUT2D eigenvalue weighted by Crippen LogP contribution is -2.31. The summed E-state index contributed by atoms with van der Waals surface area (Å²) in [5.41, 5.74) is 4.05. The molecule has 0 fully saturated rings. The molecule has 36 heavy (non-hydrogen) atoms. The quantitative estimate of drug-likeness (QED) is 0.266. The third-order valence-electron chi connectivity index (χ3n) is 4.88. The molecule has 0 aliphatic carbocycles. The van der Waals surface area contributed by atoms with Crippen molar-refractivity contribution in [2.75, 3.05) is 19.5 Å². The first kappa shape index (κ1) is 34.0. The number of hydrogen-bond donors (Lipinski definition) is 0. The summed E-state index contributed by atoms with van der Waals surface area (Å²) in [6.07, 6.45) is 3.89. The Hall–Kier alpha value is -2.01. The molecule has 0 radical (unpaired) electrons. The molecule has 0 saturated heterocycles. The molecular weight excluding hydrogens is 507 g/mol. The molecule has 1 aliphatic rings.